The summed E-state index contributed by atoms with van der Waals surface area (Å²) in [6.45, 7) is 7.86. The van der Waals surface area contributed by atoms with Gasteiger partial charge in [0.05, 0.1) is 7.11 Å². The van der Waals surface area contributed by atoms with Crippen LogP contribution in [0.25, 0.3) is 0 Å². The van der Waals surface area contributed by atoms with Crippen molar-refractivity contribution < 1.29 is 9.53 Å². The van der Waals surface area contributed by atoms with Gasteiger partial charge in [0, 0.05) is 30.9 Å². The second-order valence-electron chi connectivity index (χ2n) is 4.87. The third kappa shape index (κ3) is 4.77. The number of methoxy groups -OCH3 is 1. The van der Waals surface area contributed by atoms with Crippen LogP contribution < -0.4 is 5.32 Å². The molecule has 0 saturated carbocycles. The number of hydrogen-bond donors (Lipinski definition) is 1. The van der Waals surface area contributed by atoms with Crippen molar-refractivity contribution in [1.82, 2.24) is 14.9 Å². The fourth-order valence-corrected chi connectivity index (χ4v) is 1.73. The van der Waals surface area contributed by atoms with Gasteiger partial charge in [0.25, 0.3) is 0 Å². The van der Waals surface area contributed by atoms with E-state index >= 15 is 0 Å². The molecule has 1 aromatic heterocycles. The molecular weight excluding hydrogens is 256 g/mol. The number of anilines is 1. The second kappa shape index (κ2) is 7.79. The molecule has 6 heteroatoms. The van der Waals surface area contributed by atoms with Crippen LogP contribution in [0.2, 0.25) is 0 Å². The minimum absolute atomic E-state index is 0.0882. The fourth-order valence-electron chi connectivity index (χ4n) is 1.73. The molecule has 1 atom stereocenters. The summed E-state index contributed by atoms with van der Waals surface area (Å²) >= 11 is 0. The first-order valence-electron chi connectivity index (χ1n) is 6.86. The molecule has 1 N–H and O–H groups in total. The highest BCUT2D eigenvalue weighted by molar-refractivity contribution is 5.85. The maximum Gasteiger partial charge on any atom is 0.376 e. The summed E-state index contributed by atoms with van der Waals surface area (Å²) in [6, 6.07) is 2.37. The number of nitrogens with zero attached hydrogens (tertiary/aromatic N) is 3. The monoisotopic (exact) mass is 280 g/mol. The highest BCUT2D eigenvalue weighted by atomic mass is 16.5. The first kappa shape index (κ1) is 16.4. The Morgan fingerprint density at radius 3 is 2.80 bits per heavy atom. The number of carbonyl (C=O) groups excluding carboxylic acids is 1. The van der Waals surface area contributed by atoms with Gasteiger partial charge < -0.3 is 15.0 Å². The number of carbonyl (C=O) groups is 1. The molecule has 0 spiro atoms. The van der Waals surface area contributed by atoms with Gasteiger partial charge in [0.2, 0.25) is 5.82 Å². The Bertz CT molecular complexity index is 451. The molecule has 1 aromatic rings. The van der Waals surface area contributed by atoms with Crippen molar-refractivity contribution in [3.63, 3.8) is 0 Å². The van der Waals surface area contributed by atoms with Crippen LogP contribution in [0.5, 0.6) is 0 Å². The number of hydrogen-bond acceptors (Lipinski definition) is 6. The number of aromatic nitrogens is 2. The van der Waals surface area contributed by atoms with Crippen molar-refractivity contribution in [1.29, 1.82) is 0 Å². The van der Waals surface area contributed by atoms with Crippen LogP contribution in [-0.4, -0.2) is 54.1 Å². The van der Waals surface area contributed by atoms with Gasteiger partial charge in [-0.3, -0.25) is 0 Å². The van der Waals surface area contributed by atoms with Crippen molar-refractivity contribution in [2.24, 2.45) is 0 Å². The lowest BCUT2D eigenvalue weighted by Crippen LogP contribution is -2.32. The van der Waals surface area contributed by atoms with Crippen LogP contribution in [0.3, 0.4) is 0 Å². The van der Waals surface area contributed by atoms with E-state index < -0.39 is 5.97 Å². The van der Waals surface area contributed by atoms with Crippen molar-refractivity contribution in [2.75, 3.05) is 32.6 Å². The molecule has 0 aliphatic carbocycles. The van der Waals surface area contributed by atoms with E-state index in [0.29, 0.717) is 11.9 Å². The Balaban J connectivity index is 2.60. The second-order valence-corrected chi connectivity index (χ2v) is 4.87. The maximum absolute atomic E-state index is 11.4. The van der Waals surface area contributed by atoms with Crippen LogP contribution in [0.1, 0.15) is 36.6 Å². The number of rotatable bonds is 7. The molecule has 1 unspecified atom stereocenters. The van der Waals surface area contributed by atoms with E-state index in [4.69, 9.17) is 0 Å². The average Bonchev–Trinajstić information content (AvgIpc) is 2.44. The first-order valence-corrected chi connectivity index (χ1v) is 6.86. The summed E-state index contributed by atoms with van der Waals surface area (Å²) in [7, 11) is 3.42. The predicted octanol–water partition coefficient (Wildman–Crippen LogP) is 1.71. The van der Waals surface area contributed by atoms with E-state index in [1.807, 2.05) is 13.0 Å². The largest absolute Gasteiger partial charge is 0.463 e. The maximum atomic E-state index is 11.4. The minimum atomic E-state index is -0.520. The van der Waals surface area contributed by atoms with E-state index in [2.05, 4.69) is 45.8 Å². The van der Waals surface area contributed by atoms with Crippen LogP contribution in [-0.2, 0) is 4.74 Å². The Morgan fingerprint density at radius 2 is 2.20 bits per heavy atom. The molecule has 112 valence electrons. The molecule has 0 aromatic carbocycles. The zero-order chi connectivity index (χ0) is 15.1. The molecule has 0 radical (unpaired) electrons. The van der Waals surface area contributed by atoms with Crippen molar-refractivity contribution >= 4 is 11.8 Å². The number of esters is 1. The summed E-state index contributed by atoms with van der Waals surface area (Å²) in [4.78, 5) is 21.9. The van der Waals surface area contributed by atoms with Crippen molar-refractivity contribution in [2.45, 2.75) is 33.2 Å². The van der Waals surface area contributed by atoms with Gasteiger partial charge in [-0.05, 0) is 27.3 Å². The molecule has 0 fully saturated rings. The average molecular weight is 280 g/mol. The number of ether oxygens (including phenoxy) is 1. The van der Waals surface area contributed by atoms with E-state index in [-0.39, 0.29) is 5.82 Å². The van der Waals surface area contributed by atoms with Crippen LogP contribution in [0.4, 0.5) is 5.82 Å². The van der Waals surface area contributed by atoms with Gasteiger partial charge in [-0.1, -0.05) is 6.92 Å². The molecular formula is C14H24N4O2. The van der Waals surface area contributed by atoms with Gasteiger partial charge in [-0.15, -0.1) is 0 Å². The fraction of sp³-hybridized carbons (Fsp3) is 0.643. The van der Waals surface area contributed by atoms with Gasteiger partial charge in [0.1, 0.15) is 5.82 Å². The zero-order valence-corrected chi connectivity index (χ0v) is 12.9. The van der Waals surface area contributed by atoms with Crippen LogP contribution in [0, 0.1) is 6.92 Å². The highest BCUT2D eigenvalue weighted by Crippen LogP contribution is 2.07. The lowest BCUT2D eigenvalue weighted by molar-refractivity contribution is 0.0586. The summed E-state index contributed by atoms with van der Waals surface area (Å²) in [5, 5.41) is 3.21. The third-order valence-corrected chi connectivity index (χ3v) is 3.34. The summed E-state index contributed by atoms with van der Waals surface area (Å²) < 4.78 is 4.64. The quantitative estimate of drug-likeness (QED) is 0.767. The van der Waals surface area contributed by atoms with Gasteiger partial charge in [0.15, 0.2) is 0 Å². The zero-order valence-electron chi connectivity index (χ0n) is 12.9. The molecule has 1 rings (SSSR count). The lowest BCUT2D eigenvalue weighted by atomic mass is 10.2. The number of aryl methyl sites for hydroxylation is 1. The topological polar surface area (TPSA) is 67.4 Å². The van der Waals surface area contributed by atoms with Crippen molar-refractivity contribution in [3.8, 4) is 0 Å². The minimum Gasteiger partial charge on any atom is -0.463 e. The lowest BCUT2D eigenvalue weighted by Gasteiger charge is -2.23. The first-order chi connectivity index (χ1) is 9.47. The van der Waals surface area contributed by atoms with E-state index in [1.165, 1.54) is 7.11 Å². The number of likely N-dealkylation sites (N-methyl/N-ethyl adjacent to an activating group) is 1. The Labute approximate surface area is 120 Å². The highest BCUT2D eigenvalue weighted by Gasteiger charge is 2.11. The Kier molecular flexibility index (Phi) is 6.38. The number of nitrogens with one attached hydrogen (secondary N) is 1. The third-order valence-electron chi connectivity index (χ3n) is 3.34. The Hall–Kier alpha value is -1.69. The molecule has 20 heavy (non-hydrogen) atoms. The predicted molar refractivity (Wildman–Crippen MR) is 79.0 cm³/mol. The van der Waals surface area contributed by atoms with Crippen molar-refractivity contribution in [3.05, 3.63) is 17.6 Å². The van der Waals surface area contributed by atoms with Gasteiger partial charge >= 0.3 is 5.97 Å². The standard InChI is InChI=1S/C14H24N4O2/c1-6-11(3)18(4)8-7-15-12-9-10(2)16-13(17-12)14(19)20-5/h9,11H,6-8H2,1-5H3,(H,15,16,17). The molecule has 0 saturated heterocycles. The van der Waals surface area contributed by atoms with Crippen LogP contribution in [0.15, 0.2) is 6.07 Å². The van der Waals surface area contributed by atoms with E-state index in [1.54, 1.807) is 0 Å². The summed E-state index contributed by atoms with van der Waals surface area (Å²) in [6.07, 6.45) is 1.12. The van der Waals surface area contributed by atoms with Gasteiger partial charge in [-0.2, -0.15) is 0 Å². The normalized spacial score (nSPS) is 12.3. The molecule has 6 nitrogen and oxygen atoms in total. The molecule has 1 heterocycles. The van der Waals surface area contributed by atoms with Crippen LogP contribution >= 0.6 is 0 Å². The SMILES string of the molecule is CCC(C)N(C)CCNc1cc(C)nc(C(=O)OC)n1. The van der Waals surface area contributed by atoms with E-state index in [0.717, 1.165) is 25.2 Å². The molecule has 0 aliphatic heterocycles. The summed E-state index contributed by atoms with van der Waals surface area (Å²) in [5.41, 5.74) is 0.734. The smallest absolute Gasteiger partial charge is 0.376 e. The van der Waals surface area contributed by atoms with Gasteiger partial charge in [-0.25, -0.2) is 14.8 Å². The van der Waals surface area contributed by atoms with E-state index in [9.17, 15) is 4.79 Å². The Morgan fingerprint density at radius 1 is 1.50 bits per heavy atom. The molecule has 0 aliphatic rings. The molecule has 0 bridgehead atoms. The summed E-state index contributed by atoms with van der Waals surface area (Å²) in [5.74, 6) is 0.217. The molecule has 0 amide bonds.